The molecule has 0 aliphatic carbocycles. The van der Waals surface area contributed by atoms with Crippen LogP contribution in [0.15, 0.2) is 35.4 Å². The number of methoxy groups -OCH3 is 1. The maximum Gasteiger partial charge on any atom is 0.440 e. The second kappa shape index (κ2) is 7.24. The second-order valence-corrected chi connectivity index (χ2v) is 7.43. The van der Waals surface area contributed by atoms with E-state index in [4.69, 9.17) is 34.8 Å². The summed E-state index contributed by atoms with van der Waals surface area (Å²) in [6, 6.07) is 9.31. The molecular weight excluding hydrogens is 331 g/mol. The average Bonchev–Trinajstić information content (AvgIpc) is 2.36. The molecule has 0 saturated carbocycles. The molecule has 0 radical (unpaired) electrons. The average molecular weight is 342 g/mol. The van der Waals surface area contributed by atoms with Gasteiger partial charge in [0.2, 0.25) is 0 Å². The van der Waals surface area contributed by atoms with E-state index >= 15 is 0 Å². The smallest absolute Gasteiger partial charge is 0.440 e. The van der Waals surface area contributed by atoms with Crippen molar-refractivity contribution in [1.29, 1.82) is 0 Å². The zero-order valence-electron chi connectivity index (χ0n) is 10.1. The maximum absolute atomic E-state index is 11.6. The van der Waals surface area contributed by atoms with Gasteiger partial charge < -0.3 is 4.74 Å². The summed E-state index contributed by atoms with van der Waals surface area (Å²) in [6.45, 7) is 1.74. The van der Waals surface area contributed by atoms with Gasteiger partial charge in [0.15, 0.2) is 0 Å². The lowest BCUT2D eigenvalue weighted by Crippen LogP contribution is -2.23. The third-order valence-corrected chi connectivity index (χ3v) is 3.18. The first-order valence-electron chi connectivity index (χ1n) is 5.08. The highest BCUT2D eigenvalue weighted by Crippen LogP contribution is 2.41. The van der Waals surface area contributed by atoms with Crippen molar-refractivity contribution < 1.29 is 9.53 Å². The van der Waals surface area contributed by atoms with E-state index in [2.05, 4.69) is 9.84 Å². The number of rotatable bonds is 3. The minimum atomic E-state index is -1.71. The second-order valence-electron chi connectivity index (χ2n) is 3.33. The molecule has 0 bridgehead atoms. The third-order valence-electron chi connectivity index (χ3n) is 1.95. The highest BCUT2D eigenvalue weighted by atomic mass is 35.6. The zero-order chi connectivity index (χ0) is 14.5. The van der Waals surface area contributed by atoms with Crippen LogP contribution in [-0.2, 0) is 4.74 Å². The molecule has 1 amide bonds. The highest BCUT2D eigenvalue weighted by molar-refractivity contribution is 8.03. The van der Waals surface area contributed by atoms with Gasteiger partial charge in [-0.05, 0) is 12.5 Å². The lowest BCUT2D eigenvalue weighted by Gasteiger charge is -2.19. The summed E-state index contributed by atoms with van der Waals surface area (Å²) in [4.78, 5) is 11.6. The first kappa shape index (κ1) is 16.4. The summed E-state index contributed by atoms with van der Waals surface area (Å²) in [7, 11) is 1.22. The van der Waals surface area contributed by atoms with E-state index in [1.54, 1.807) is 6.92 Å². The summed E-state index contributed by atoms with van der Waals surface area (Å²) < 4.78 is 3.76. The Labute approximate surface area is 130 Å². The van der Waals surface area contributed by atoms with Crippen LogP contribution >= 0.6 is 46.8 Å². The minimum absolute atomic E-state index is 0.591. The predicted octanol–water partition coefficient (Wildman–Crippen LogP) is 4.45. The lowest BCUT2D eigenvalue weighted by molar-refractivity contribution is 0.153. The van der Waals surface area contributed by atoms with Gasteiger partial charge >= 0.3 is 6.09 Å². The van der Waals surface area contributed by atoms with Gasteiger partial charge in [0.25, 0.3) is 3.12 Å². The molecule has 0 aliphatic rings. The van der Waals surface area contributed by atoms with Crippen molar-refractivity contribution in [2.24, 2.45) is 5.10 Å². The van der Waals surface area contributed by atoms with E-state index in [-0.39, 0.29) is 0 Å². The molecule has 1 rings (SSSR count). The van der Waals surface area contributed by atoms with Gasteiger partial charge in [0.05, 0.1) is 12.8 Å². The van der Waals surface area contributed by atoms with Crippen molar-refractivity contribution in [3.05, 3.63) is 35.9 Å². The molecule has 104 valence electrons. The Hall–Kier alpha value is -0.620. The summed E-state index contributed by atoms with van der Waals surface area (Å²) in [6.07, 6.45) is -0.730. The van der Waals surface area contributed by atoms with E-state index in [1.165, 1.54) is 7.11 Å². The molecule has 1 aromatic carbocycles. The van der Waals surface area contributed by atoms with Crippen LogP contribution in [0.4, 0.5) is 4.79 Å². The van der Waals surface area contributed by atoms with Gasteiger partial charge in [-0.15, -0.1) is 4.41 Å². The summed E-state index contributed by atoms with van der Waals surface area (Å²) in [5, 5.41) is 4.09. The largest absolute Gasteiger partial charge is 0.451 e. The molecule has 8 heteroatoms. The van der Waals surface area contributed by atoms with Crippen molar-refractivity contribution in [1.82, 2.24) is 4.41 Å². The fourth-order valence-electron chi connectivity index (χ4n) is 1.15. The molecule has 19 heavy (non-hydrogen) atoms. The molecule has 0 atom stereocenters. The molecule has 4 nitrogen and oxygen atoms in total. The monoisotopic (exact) mass is 340 g/mol. The number of benzene rings is 1. The number of carbonyl (C=O) groups excluding carboxylic acids is 1. The Balaban J connectivity index is 2.96. The Morgan fingerprint density at radius 2 is 1.89 bits per heavy atom. The van der Waals surface area contributed by atoms with Gasteiger partial charge in [-0.25, -0.2) is 4.79 Å². The Morgan fingerprint density at radius 3 is 2.37 bits per heavy atom. The number of hydrogen-bond acceptors (Lipinski definition) is 4. The van der Waals surface area contributed by atoms with Crippen LogP contribution in [0, 0.1) is 0 Å². The zero-order valence-corrected chi connectivity index (χ0v) is 13.2. The number of nitrogens with zero attached hydrogens (tertiary/aromatic N) is 2. The molecule has 0 unspecified atom stereocenters. The van der Waals surface area contributed by atoms with Gasteiger partial charge in [0.1, 0.15) is 0 Å². The summed E-state index contributed by atoms with van der Waals surface area (Å²) in [5.74, 6) is 0. The van der Waals surface area contributed by atoms with E-state index in [1.807, 2.05) is 30.3 Å². The summed E-state index contributed by atoms with van der Waals surface area (Å²) in [5.41, 5.74) is 1.44. The molecule has 0 spiro atoms. The fraction of sp³-hybridized carbons (Fsp3) is 0.273. The Kier molecular flexibility index (Phi) is 6.26. The summed E-state index contributed by atoms with van der Waals surface area (Å²) >= 11 is 17.5. The molecule has 0 heterocycles. The molecular formula is C11H11Cl3N2O2S. The van der Waals surface area contributed by atoms with Crippen molar-refractivity contribution in [3.63, 3.8) is 0 Å². The number of amides is 1. The van der Waals surface area contributed by atoms with Crippen molar-refractivity contribution in [2.75, 3.05) is 7.11 Å². The minimum Gasteiger partial charge on any atom is -0.451 e. The van der Waals surface area contributed by atoms with E-state index in [9.17, 15) is 4.79 Å². The van der Waals surface area contributed by atoms with Crippen LogP contribution in [-0.4, -0.2) is 26.5 Å². The lowest BCUT2D eigenvalue weighted by atomic mass is 10.1. The maximum atomic E-state index is 11.6. The van der Waals surface area contributed by atoms with Crippen LogP contribution < -0.4 is 0 Å². The first-order valence-corrected chi connectivity index (χ1v) is 6.99. The molecule has 0 fully saturated rings. The number of halogens is 3. The van der Waals surface area contributed by atoms with Crippen molar-refractivity contribution >= 4 is 58.6 Å². The molecule has 0 aliphatic heterocycles. The van der Waals surface area contributed by atoms with Crippen molar-refractivity contribution in [2.45, 2.75) is 10.0 Å². The molecule has 0 N–H and O–H groups in total. The number of ether oxygens (including phenoxy) is 1. The Bertz CT molecular complexity index is 463. The number of alkyl halides is 3. The van der Waals surface area contributed by atoms with Gasteiger partial charge in [-0.1, -0.05) is 65.1 Å². The van der Waals surface area contributed by atoms with Crippen LogP contribution in [0.25, 0.3) is 0 Å². The quantitative estimate of drug-likeness (QED) is 0.353. The highest BCUT2D eigenvalue weighted by Gasteiger charge is 2.29. The van der Waals surface area contributed by atoms with E-state index in [0.717, 1.165) is 9.98 Å². The SMILES string of the molecule is COC(=O)N(N=C(C)c1ccccc1)SC(Cl)(Cl)Cl. The molecule has 1 aromatic rings. The van der Waals surface area contributed by atoms with Crippen LogP contribution in [0.5, 0.6) is 0 Å². The van der Waals surface area contributed by atoms with Gasteiger partial charge in [-0.2, -0.15) is 5.10 Å². The molecule has 0 aromatic heterocycles. The number of hydrazone groups is 1. The Morgan fingerprint density at radius 1 is 1.32 bits per heavy atom. The first-order chi connectivity index (χ1) is 8.83. The van der Waals surface area contributed by atoms with E-state index < -0.39 is 9.22 Å². The van der Waals surface area contributed by atoms with Crippen LogP contribution in [0.3, 0.4) is 0 Å². The number of carbonyl (C=O) groups is 1. The molecule has 0 saturated heterocycles. The van der Waals surface area contributed by atoms with E-state index in [0.29, 0.717) is 17.7 Å². The fourth-order valence-corrected chi connectivity index (χ4v) is 2.24. The number of hydrogen-bond donors (Lipinski definition) is 0. The van der Waals surface area contributed by atoms with Gasteiger partial charge in [0, 0.05) is 11.9 Å². The van der Waals surface area contributed by atoms with Crippen LogP contribution in [0.2, 0.25) is 0 Å². The normalized spacial score (nSPS) is 12.2. The van der Waals surface area contributed by atoms with Crippen molar-refractivity contribution in [3.8, 4) is 0 Å². The van der Waals surface area contributed by atoms with Gasteiger partial charge in [-0.3, -0.25) is 0 Å². The standard InChI is InChI=1S/C11H11Cl3N2O2S/c1-8(9-6-4-3-5-7-9)15-16(10(17)18-2)19-11(12,13)14/h3-7H,1-2H3. The van der Waals surface area contributed by atoms with Crippen LogP contribution in [0.1, 0.15) is 12.5 Å². The third kappa shape index (κ3) is 5.91. The predicted molar refractivity (Wildman–Crippen MR) is 80.8 cm³/mol. The topological polar surface area (TPSA) is 41.9 Å².